The fourth-order valence-electron chi connectivity index (χ4n) is 3.68. The van der Waals surface area contributed by atoms with Gasteiger partial charge >= 0.3 is 0 Å². The first-order chi connectivity index (χ1) is 14.0. The van der Waals surface area contributed by atoms with Gasteiger partial charge in [-0.05, 0) is 48.4 Å². The van der Waals surface area contributed by atoms with Crippen LogP contribution in [0.1, 0.15) is 44.6 Å². The number of carbonyl (C=O) groups is 3. The molecule has 6 heteroatoms. The molecule has 0 aliphatic heterocycles. The van der Waals surface area contributed by atoms with Gasteiger partial charge in [0.2, 0.25) is 12.3 Å². The fraction of sp³-hybridized carbons (Fsp3) is 0.348. The summed E-state index contributed by atoms with van der Waals surface area (Å²) >= 11 is 1.11. The molecule has 0 bridgehead atoms. The van der Waals surface area contributed by atoms with E-state index in [0.29, 0.717) is 17.8 Å². The van der Waals surface area contributed by atoms with Gasteiger partial charge in [0.15, 0.2) is 5.12 Å². The normalized spacial score (nSPS) is 15.3. The molecule has 2 amide bonds. The molecule has 1 aliphatic carbocycles. The standard InChI is InChI=1S/C23H26N2O3S/c1-23(13-7-2-8-14-23)22(28)25-19-11-5-6-12-20(19)29-21(27)15-17-9-3-4-10-18(17)24-16-26/h3-6,9-12,16H,2,7-8,13-15H2,1H3,(H,24,26)(H,25,28). The van der Waals surface area contributed by atoms with Crippen molar-refractivity contribution in [2.24, 2.45) is 5.41 Å². The number of carbonyl (C=O) groups excluding carboxylic acids is 3. The summed E-state index contributed by atoms with van der Waals surface area (Å²) in [6, 6.07) is 14.6. The molecule has 0 heterocycles. The van der Waals surface area contributed by atoms with Crippen molar-refractivity contribution in [1.82, 2.24) is 0 Å². The Labute approximate surface area is 175 Å². The first kappa shape index (κ1) is 21.1. The number of rotatable bonds is 7. The van der Waals surface area contributed by atoms with Gasteiger partial charge in [0.05, 0.1) is 5.69 Å². The van der Waals surface area contributed by atoms with Crippen LogP contribution in [0, 0.1) is 5.41 Å². The van der Waals surface area contributed by atoms with Crippen LogP contribution in [0.4, 0.5) is 11.4 Å². The zero-order chi connectivity index (χ0) is 20.7. The molecule has 0 aromatic heterocycles. The molecule has 1 aliphatic rings. The average Bonchev–Trinajstić information content (AvgIpc) is 2.71. The molecule has 0 radical (unpaired) electrons. The van der Waals surface area contributed by atoms with Crippen molar-refractivity contribution in [3.8, 4) is 0 Å². The third-order valence-electron chi connectivity index (χ3n) is 5.43. The number of anilines is 2. The van der Waals surface area contributed by atoms with Gasteiger partial charge in [-0.25, -0.2) is 0 Å². The molecule has 5 nitrogen and oxygen atoms in total. The van der Waals surface area contributed by atoms with E-state index >= 15 is 0 Å². The SMILES string of the molecule is CC1(C(=O)Nc2ccccc2SC(=O)Cc2ccccc2NC=O)CCCCC1. The van der Waals surface area contributed by atoms with E-state index in [1.54, 1.807) is 6.07 Å². The Morgan fingerprint density at radius 3 is 2.38 bits per heavy atom. The van der Waals surface area contributed by atoms with E-state index in [2.05, 4.69) is 10.6 Å². The van der Waals surface area contributed by atoms with Gasteiger partial charge in [-0.2, -0.15) is 0 Å². The Morgan fingerprint density at radius 1 is 1.00 bits per heavy atom. The molecule has 0 spiro atoms. The number of hydrogen-bond acceptors (Lipinski definition) is 4. The van der Waals surface area contributed by atoms with Crippen molar-refractivity contribution >= 4 is 40.6 Å². The minimum Gasteiger partial charge on any atom is -0.328 e. The van der Waals surface area contributed by atoms with E-state index in [0.717, 1.165) is 47.9 Å². The van der Waals surface area contributed by atoms with Gasteiger partial charge in [-0.1, -0.05) is 56.5 Å². The summed E-state index contributed by atoms with van der Waals surface area (Å²) in [4.78, 5) is 37.1. The van der Waals surface area contributed by atoms with E-state index < -0.39 is 0 Å². The summed E-state index contributed by atoms with van der Waals surface area (Å²) in [5.74, 6) is 0.0261. The highest BCUT2D eigenvalue weighted by molar-refractivity contribution is 8.13. The number of amides is 2. The van der Waals surface area contributed by atoms with Crippen molar-refractivity contribution in [1.29, 1.82) is 0 Å². The second-order valence-corrected chi connectivity index (χ2v) is 8.74. The molecule has 0 atom stereocenters. The molecule has 0 unspecified atom stereocenters. The van der Waals surface area contributed by atoms with Crippen molar-refractivity contribution in [2.45, 2.75) is 50.3 Å². The minimum atomic E-state index is -0.348. The van der Waals surface area contributed by atoms with E-state index in [9.17, 15) is 14.4 Å². The topological polar surface area (TPSA) is 75.3 Å². The predicted molar refractivity (Wildman–Crippen MR) is 117 cm³/mol. The summed E-state index contributed by atoms with van der Waals surface area (Å²) in [7, 11) is 0. The molecular weight excluding hydrogens is 384 g/mol. The Hall–Kier alpha value is -2.60. The van der Waals surface area contributed by atoms with Crippen molar-refractivity contribution in [3.63, 3.8) is 0 Å². The fourth-order valence-corrected chi connectivity index (χ4v) is 4.53. The molecule has 1 fully saturated rings. The lowest BCUT2D eigenvalue weighted by atomic mass is 9.75. The van der Waals surface area contributed by atoms with Crippen LogP contribution in [0.5, 0.6) is 0 Å². The van der Waals surface area contributed by atoms with Crippen LogP contribution in [0.3, 0.4) is 0 Å². The van der Waals surface area contributed by atoms with Crippen LogP contribution in [0.2, 0.25) is 0 Å². The van der Waals surface area contributed by atoms with Gasteiger partial charge in [0.1, 0.15) is 0 Å². The minimum absolute atomic E-state index is 0.0261. The molecule has 0 saturated heterocycles. The largest absolute Gasteiger partial charge is 0.328 e. The van der Waals surface area contributed by atoms with Gasteiger partial charge in [0, 0.05) is 22.4 Å². The van der Waals surface area contributed by atoms with E-state index in [1.165, 1.54) is 6.42 Å². The first-order valence-electron chi connectivity index (χ1n) is 9.91. The van der Waals surface area contributed by atoms with Crippen LogP contribution < -0.4 is 10.6 Å². The van der Waals surface area contributed by atoms with Crippen LogP contribution >= 0.6 is 11.8 Å². The average molecular weight is 411 g/mol. The molecule has 3 rings (SSSR count). The second-order valence-electron chi connectivity index (χ2n) is 7.64. The third-order valence-corrected chi connectivity index (χ3v) is 6.38. The monoisotopic (exact) mass is 410 g/mol. The maximum atomic E-state index is 12.9. The third kappa shape index (κ3) is 5.48. The Morgan fingerprint density at radius 2 is 1.66 bits per heavy atom. The highest BCUT2D eigenvalue weighted by Gasteiger charge is 2.34. The van der Waals surface area contributed by atoms with E-state index in [4.69, 9.17) is 0 Å². The van der Waals surface area contributed by atoms with Gasteiger partial charge in [-0.3, -0.25) is 14.4 Å². The van der Waals surface area contributed by atoms with E-state index in [-0.39, 0.29) is 22.9 Å². The maximum absolute atomic E-state index is 12.9. The Balaban J connectivity index is 1.70. The molecular formula is C23H26N2O3S. The molecule has 2 N–H and O–H groups in total. The summed E-state index contributed by atoms with van der Waals surface area (Å²) in [5, 5.41) is 5.62. The quantitative estimate of drug-likeness (QED) is 0.496. The predicted octanol–water partition coefficient (Wildman–Crippen LogP) is 5.03. The lowest BCUT2D eigenvalue weighted by Crippen LogP contribution is -2.35. The van der Waals surface area contributed by atoms with Crippen molar-refractivity contribution < 1.29 is 14.4 Å². The van der Waals surface area contributed by atoms with Gasteiger partial charge in [-0.15, -0.1) is 0 Å². The summed E-state index contributed by atoms with van der Waals surface area (Å²) < 4.78 is 0. The van der Waals surface area contributed by atoms with Crippen LogP contribution in [0.15, 0.2) is 53.4 Å². The van der Waals surface area contributed by atoms with Crippen LogP contribution in [-0.4, -0.2) is 17.4 Å². The second kappa shape index (κ2) is 9.74. The number of benzene rings is 2. The number of thioether (sulfide) groups is 1. The lowest BCUT2D eigenvalue weighted by molar-refractivity contribution is -0.126. The number of nitrogens with one attached hydrogen (secondary N) is 2. The highest BCUT2D eigenvalue weighted by atomic mass is 32.2. The molecule has 152 valence electrons. The molecule has 29 heavy (non-hydrogen) atoms. The van der Waals surface area contributed by atoms with Gasteiger partial charge < -0.3 is 10.6 Å². The lowest BCUT2D eigenvalue weighted by Gasteiger charge is -2.32. The molecule has 2 aromatic carbocycles. The smallest absolute Gasteiger partial charge is 0.230 e. The van der Waals surface area contributed by atoms with Crippen molar-refractivity contribution in [2.75, 3.05) is 10.6 Å². The summed E-state index contributed by atoms with van der Waals surface area (Å²) in [5.41, 5.74) is 1.71. The van der Waals surface area contributed by atoms with Crippen LogP contribution in [-0.2, 0) is 20.8 Å². The zero-order valence-electron chi connectivity index (χ0n) is 16.6. The summed E-state index contributed by atoms with van der Waals surface area (Å²) in [6.45, 7) is 2.03. The van der Waals surface area contributed by atoms with E-state index in [1.807, 2.05) is 49.4 Å². The number of hydrogen-bond donors (Lipinski definition) is 2. The zero-order valence-corrected chi connectivity index (χ0v) is 17.4. The van der Waals surface area contributed by atoms with Crippen LogP contribution in [0.25, 0.3) is 0 Å². The number of para-hydroxylation sites is 2. The Kier molecular flexibility index (Phi) is 7.09. The molecule has 1 saturated carbocycles. The molecule has 2 aromatic rings. The summed E-state index contributed by atoms with van der Waals surface area (Å²) in [6.07, 6.45) is 5.92. The Bertz CT molecular complexity index is 891. The maximum Gasteiger partial charge on any atom is 0.230 e. The first-order valence-corrected chi connectivity index (χ1v) is 10.7. The van der Waals surface area contributed by atoms with Crippen molar-refractivity contribution in [3.05, 3.63) is 54.1 Å². The highest BCUT2D eigenvalue weighted by Crippen LogP contribution is 2.38. The van der Waals surface area contributed by atoms with Gasteiger partial charge in [0.25, 0.3) is 0 Å².